The number of rotatable bonds is 8. The molecule has 1 saturated heterocycles. The maximum absolute atomic E-state index is 14.6. The van der Waals surface area contributed by atoms with E-state index in [-0.39, 0.29) is 49.4 Å². The van der Waals surface area contributed by atoms with E-state index in [4.69, 9.17) is 10.2 Å². The van der Waals surface area contributed by atoms with Gasteiger partial charge >= 0.3 is 6.03 Å². The molecule has 1 heterocycles. The Balaban J connectivity index is 1.66. The van der Waals surface area contributed by atoms with Crippen molar-refractivity contribution in [2.45, 2.75) is 25.2 Å². The molecule has 0 atom stereocenters. The highest BCUT2D eigenvalue weighted by Crippen LogP contribution is 2.30. The fraction of sp³-hybridized carbons (Fsp3) is 0.364. The van der Waals surface area contributed by atoms with Crippen LogP contribution in [-0.4, -0.2) is 71.0 Å². The Morgan fingerprint density at radius 2 is 1.88 bits per heavy atom. The van der Waals surface area contributed by atoms with Gasteiger partial charge in [-0.1, -0.05) is 0 Å². The summed E-state index contributed by atoms with van der Waals surface area (Å²) in [5.41, 5.74) is -0.735. The molecule has 3 rings (SSSR count). The second kappa shape index (κ2) is 11.2. The smallest absolute Gasteiger partial charge is 0.317 e. The standard InChI is InChI=1S/C22H24F3IN4O4/c1-29(22(34)27-8-2-3-18(31)32)13-10-30(11-13)21(33)14-5-6-15(23)19(25)20(14)28-17-7-4-12(26)9-16(17)24/h4-7,9,13,18,28,31-32H,2-3,8,10-11H2,1H3,(H,27,34). The minimum atomic E-state index is -1.43. The fourth-order valence-electron chi connectivity index (χ4n) is 3.38. The number of halogens is 4. The van der Waals surface area contributed by atoms with Crippen molar-refractivity contribution < 1.29 is 33.0 Å². The number of aliphatic hydroxyl groups excluding tert-OH is 1. The van der Waals surface area contributed by atoms with Crippen molar-refractivity contribution >= 4 is 45.9 Å². The molecule has 184 valence electrons. The molecule has 3 amide bonds. The van der Waals surface area contributed by atoms with Gasteiger partial charge in [0.2, 0.25) is 0 Å². The fourth-order valence-corrected chi connectivity index (χ4v) is 3.84. The molecule has 0 bridgehead atoms. The van der Waals surface area contributed by atoms with Crippen LogP contribution in [0.1, 0.15) is 23.2 Å². The Labute approximate surface area is 207 Å². The first-order valence-electron chi connectivity index (χ1n) is 10.4. The van der Waals surface area contributed by atoms with Crippen molar-refractivity contribution in [3.8, 4) is 0 Å². The largest absolute Gasteiger partial charge is 0.368 e. The van der Waals surface area contributed by atoms with Crippen molar-refractivity contribution in [3.05, 3.63) is 56.9 Å². The van der Waals surface area contributed by atoms with E-state index in [1.165, 1.54) is 21.9 Å². The van der Waals surface area contributed by atoms with Gasteiger partial charge in [-0.25, -0.2) is 18.0 Å². The van der Waals surface area contributed by atoms with E-state index in [1.54, 1.807) is 13.1 Å². The average Bonchev–Trinajstić information content (AvgIpc) is 2.74. The van der Waals surface area contributed by atoms with E-state index in [0.29, 0.717) is 9.99 Å². The molecule has 2 aromatic rings. The lowest BCUT2D eigenvalue weighted by Gasteiger charge is -2.44. The van der Waals surface area contributed by atoms with Crippen LogP contribution < -0.4 is 10.6 Å². The summed E-state index contributed by atoms with van der Waals surface area (Å²) >= 11 is 1.91. The van der Waals surface area contributed by atoms with Crippen molar-refractivity contribution in [3.63, 3.8) is 0 Å². The summed E-state index contributed by atoms with van der Waals surface area (Å²) in [7, 11) is 1.56. The number of aliphatic hydroxyl groups is 2. The van der Waals surface area contributed by atoms with E-state index < -0.39 is 35.3 Å². The zero-order chi connectivity index (χ0) is 25.0. The highest BCUT2D eigenvalue weighted by atomic mass is 127. The summed E-state index contributed by atoms with van der Waals surface area (Å²) in [6.07, 6.45) is -0.912. The van der Waals surface area contributed by atoms with Crippen LogP contribution in [0.4, 0.5) is 29.3 Å². The molecule has 0 radical (unpaired) electrons. The van der Waals surface area contributed by atoms with E-state index in [2.05, 4.69) is 10.6 Å². The van der Waals surface area contributed by atoms with E-state index in [0.717, 1.165) is 12.1 Å². The number of benzene rings is 2. The van der Waals surface area contributed by atoms with E-state index in [9.17, 15) is 22.8 Å². The van der Waals surface area contributed by atoms with Gasteiger partial charge in [-0.3, -0.25) is 4.79 Å². The van der Waals surface area contributed by atoms with Crippen LogP contribution in [0.25, 0.3) is 0 Å². The lowest BCUT2D eigenvalue weighted by Crippen LogP contribution is -2.62. The summed E-state index contributed by atoms with van der Waals surface area (Å²) in [6, 6.07) is 5.46. The quantitative estimate of drug-likeness (QED) is 0.215. The van der Waals surface area contributed by atoms with E-state index >= 15 is 0 Å². The Hall–Kier alpha value is -2.58. The first-order valence-corrected chi connectivity index (χ1v) is 11.5. The highest BCUT2D eigenvalue weighted by molar-refractivity contribution is 14.1. The Morgan fingerprint density at radius 1 is 1.18 bits per heavy atom. The van der Waals surface area contributed by atoms with Crippen molar-refractivity contribution in [2.75, 3.05) is 32.0 Å². The second-order valence-corrected chi connectivity index (χ2v) is 9.11. The summed E-state index contributed by atoms with van der Waals surface area (Å²) in [4.78, 5) is 28.0. The number of carbonyl (C=O) groups is 2. The van der Waals surface area contributed by atoms with Crippen LogP contribution in [0.15, 0.2) is 30.3 Å². The molecule has 1 aliphatic rings. The molecule has 1 aliphatic heterocycles. The zero-order valence-corrected chi connectivity index (χ0v) is 20.4. The second-order valence-electron chi connectivity index (χ2n) is 7.86. The Morgan fingerprint density at radius 3 is 2.53 bits per heavy atom. The third-order valence-electron chi connectivity index (χ3n) is 5.45. The number of likely N-dealkylation sites (N-methyl/N-ethyl adjacent to an activating group) is 1. The van der Waals surface area contributed by atoms with Crippen LogP contribution in [0.2, 0.25) is 0 Å². The highest BCUT2D eigenvalue weighted by Gasteiger charge is 2.37. The van der Waals surface area contributed by atoms with Crippen LogP contribution in [0.3, 0.4) is 0 Å². The van der Waals surface area contributed by atoms with Crippen molar-refractivity contribution in [1.29, 1.82) is 0 Å². The van der Waals surface area contributed by atoms with Gasteiger partial charge in [0.05, 0.1) is 23.0 Å². The third kappa shape index (κ3) is 6.10. The molecule has 4 N–H and O–H groups in total. The van der Waals surface area contributed by atoms with Crippen LogP contribution >= 0.6 is 22.6 Å². The molecule has 0 saturated carbocycles. The Bertz CT molecular complexity index is 1070. The summed E-state index contributed by atoms with van der Waals surface area (Å²) in [5, 5.41) is 22.8. The SMILES string of the molecule is CN(C(=O)NCCCC(O)O)C1CN(C(=O)c2ccc(F)c(F)c2Nc2ccc(I)cc2F)C1. The topological polar surface area (TPSA) is 105 Å². The first kappa shape index (κ1) is 26.0. The number of nitrogens with zero attached hydrogens (tertiary/aromatic N) is 2. The van der Waals surface area contributed by atoms with Crippen LogP contribution in [-0.2, 0) is 0 Å². The molecule has 12 heteroatoms. The molecule has 0 aromatic heterocycles. The third-order valence-corrected chi connectivity index (χ3v) is 6.12. The molecule has 2 aromatic carbocycles. The molecular weight excluding hydrogens is 568 g/mol. The number of likely N-dealkylation sites (tertiary alicyclic amines) is 1. The van der Waals surface area contributed by atoms with E-state index in [1.807, 2.05) is 22.6 Å². The molecule has 34 heavy (non-hydrogen) atoms. The van der Waals surface area contributed by atoms with Gasteiger partial charge in [-0.05, 0) is 65.8 Å². The van der Waals surface area contributed by atoms with Crippen molar-refractivity contribution in [1.82, 2.24) is 15.1 Å². The average molecular weight is 592 g/mol. The number of hydrogen-bond donors (Lipinski definition) is 4. The molecule has 0 unspecified atom stereocenters. The minimum Gasteiger partial charge on any atom is -0.368 e. The summed E-state index contributed by atoms with van der Waals surface area (Å²) in [5.74, 6) is -3.75. The summed E-state index contributed by atoms with van der Waals surface area (Å²) in [6.45, 7) is 0.609. The lowest BCUT2D eigenvalue weighted by molar-refractivity contribution is -0.0460. The molecule has 0 aliphatic carbocycles. The predicted molar refractivity (Wildman–Crippen MR) is 127 cm³/mol. The molecule has 0 spiro atoms. The minimum absolute atomic E-state index is 0.106. The maximum Gasteiger partial charge on any atom is 0.317 e. The molecule has 1 fully saturated rings. The summed E-state index contributed by atoms with van der Waals surface area (Å²) < 4.78 is 43.4. The maximum atomic E-state index is 14.6. The zero-order valence-electron chi connectivity index (χ0n) is 18.2. The van der Waals surface area contributed by atoms with Gasteiger partial charge in [-0.2, -0.15) is 0 Å². The van der Waals surface area contributed by atoms with Gasteiger partial charge in [-0.15, -0.1) is 0 Å². The number of anilines is 2. The van der Waals surface area contributed by atoms with Gasteiger partial charge in [0, 0.05) is 30.3 Å². The van der Waals surface area contributed by atoms with Gasteiger partial charge in [0.15, 0.2) is 17.9 Å². The predicted octanol–water partition coefficient (Wildman–Crippen LogP) is 3.01. The molecular formula is C22H24F3IN4O4. The Kier molecular flexibility index (Phi) is 8.60. The van der Waals surface area contributed by atoms with Gasteiger partial charge in [0.1, 0.15) is 5.82 Å². The molecule has 8 nitrogen and oxygen atoms in total. The number of amides is 3. The van der Waals surface area contributed by atoms with Crippen molar-refractivity contribution in [2.24, 2.45) is 0 Å². The van der Waals surface area contributed by atoms with Gasteiger partial charge in [0.25, 0.3) is 5.91 Å². The van der Waals surface area contributed by atoms with Crippen LogP contribution in [0.5, 0.6) is 0 Å². The lowest BCUT2D eigenvalue weighted by atomic mass is 10.0. The van der Waals surface area contributed by atoms with Crippen LogP contribution in [0, 0.1) is 21.0 Å². The first-order chi connectivity index (χ1) is 16.1. The number of carbonyl (C=O) groups excluding carboxylic acids is 2. The number of urea groups is 1. The normalized spacial score (nSPS) is 13.6. The number of nitrogens with one attached hydrogen (secondary N) is 2. The monoisotopic (exact) mass is 592 g/mol. The van der Waals surface area contributed by atoms with Gasteiger partial charge < -0.3 is 30.6 Å². The number of hydrogen-bond acceptors (Lipinski definition) is 5.